The molecule has 0 heterocycles. The molecule has 0 aliphatic rings. The second-order valence-electron chi connectivity index (χ2n) is 4.84. The third-order valence-corrected chi connectivity index (χ3v) is 3.56. The van der Waals surface area contributed by atoms with Crippen LogP contribution in [-0.2, 0) is 6.54 Å². The van der Waals surface area contributed by atoms with Gasteiger partial charge in [0.05, 0.1) is 5.02 Å². The summed E-state index contributed by atoms with van der Waals surface area (Å²) in [5.41, 5.74) is 1.16. The van der Waals surface area contributed by atoms with E-state index >= 15 is 0 Å². The maximum atomic E-state index is 6.12. The summed E-state index contributed by atoms with van der Waals surface area (Å²) in [6.07, 6.45) is 0. The highest BCUT2D eigenvalue weighted by atomic mass is 35.5. The number of ether oxygens (including phenoxy) is 1. The number of hydrogen-bond acceptors (Lipinski definition) is 2. The Labute approximate surface area is 129 Å². The van der Waals surface area contributed by atoms with Crippen molar-refractivity contribution in [1.29, 1.82) is 0 Å². The van der Waals surface area contributed by atoms with Crippen LogP contribution in [0.1, 0.15) is 19.4 Å². The van der Waals surface area contributed by atoms with Crippen LogP contribution in [0.4, 0.5) is 0 Å². The lowest BCUT2D eigenvalue weighted by molar-refractivity contribution is 0.481. The molecule has 2 aromatic carbocycles. The molecular weight excluding hydrogens is 293 g/mol. The lowest BCUT2D eigenvalue weighted by Crippen LogP contribution is -2.21. The van der Waals surface area contributed by atoms with Crippen LogP contribution < -0.4 is 10.1 Å². The summed E-state index contributed by atoms with van der Waals surface area (Å²) in [5.74, 6) is 1.31. The standard InChI is InChI=1S/C16H17Cl2NO/c1-11(2)19-10-12-5-3-6-13(9-12)20-15-8-4-7-14(17)16(15)18/h3-9,11,19H,10H2,1-2H3. The normalized spacial score (nSPS) is 10.8. The number of hydrogen-bond donors (Lipinski definition) is 1. The van der Waals surface area contributed by atoms with Gasteiger partial charge in [0.25, 0.3) is 0 Å². The number of rotatable bonds is 5. The van der Waals surface area contributed by atoms with E-state index in [1.54, 1.807) is 12.1 Å². The topological polar surface area (TPSA) is 21.3 Å². The van der Waals surface area contributed by atoms with E-state index in [9.17, 15) is 0 Å². The van der Waals surface area contributed by atoms with E-state index < -0.39 is 0 Å². The summed E-state index contributed by atoms with van der Waals surface area (Å²) < 4.78 is 5.79. The van der Waals surface area contributed by atoms with Crippen molar-refractivity contribution in [3.63, 3.8) is 0 Å². The van der Waals surface area contributed by atoms with Crippen molar-refractivity contribution in [2.24, 2.45) is 0 Å². The molecule has 0 saturated heterocycles. The van der Waals surface area contributed by atoms with Crippen LogP contribution in [0.15, 0.2) is 42.5 Å². The lowest BCUT2D eigenvalue weighted by atomic mass is 10.2. The van der Waals surface area contributed by atoms with E-state index in [4.69, 9.17) is 27.9 Å². The molecule has 0 radical (unpaired) electrons. The van der Waals surface area contributed by atoms with Gasteiger partial charge in [0, 0.05) is 12.6 Å². The smallest absolute Gasteiger partial charge is 0.147 e. The maximum absolute atomic E-state index is 6.12. The van der Waals surface area contributed by atoms with Crippen LogP contribution in [0.2, 0.25) is 10.0 Å². The number of halogens is 2. The first kappa shape index (κ1) is 15.2. The molecule has 20 heavy (non-hydrogen) atoms. The van der Waals surface area contributed by atoms with Crippen LogP contribution in [0.25, 0.3) is 0 Å². The molecule has 0 atom stereocenters. The second kappa shape index (κ2) is 6.98. The van der Waals surface area contributed by atoms with E-state index in [-0.39, 0.29) is 0 Å². The van der Waals surface area contributed by atoms with Crippen LogP contribution in [0.3, 0.4) is 0 Å². The van der Waals surface area contributed by atoms with Gasteiger partial charge in [0.15, 0.2) is 0 Å². The first-order valence-corrected chi connectivity index (χ1v) is 7.26. The predicted octanol–water partition coefficient (Wildman–Crippen LogP) is 5.28. The third kappa shape index (κ3) is 4.14. The van der Waals surface area contributed by atoms with Crippen LogP contribution >= 0.6 is 23.2 Å². The SMILES string of the molecule is CC(C)NCc1cccc(Oc2cccc(Cl)c2Cl)c1. The minimum absolute atomic E-state index is 0.430. The average molecular weight is 310 g/mol. The average Bonchev–Trinajstić information content (AvgIpc) is 2.42. The van der Waals surface area contributed by atoms with E-state index in [0.29, 0.717) is 21.8 Å². The molecular formula is C16H17Cl2NO. The molecule has 2 rings (SSSR count). The Kier molecular flexibility index (Phi) is 5.30. The molecule has 4 heteroatoms. The van der Waals surface area contributed by atoms with Gasteiger partial charge in [-0.05, 0) is 29.8 Å². The zero-order valence-corrected chi connectivity index (χ0v) is 13.0. The number of nitrogens with one attached hydrogen (secondary N) is 1. The summed E-state index contributed by atoms with van der Waals surface area (Å²) >= 11 is 12.1. The molecule has 0 unspecified atom stereocenters. The zero-order chi connectivity index (χ0) is 14.5. The minimum Gasteiger partial charge on any atom is -0.456 e. The van der Waals surface area contributed by atoms with Crippen LogP contribution in [-0.4, -0.2) is 6.04 Å². The van der Waals surface area contributed by atoms with Crippen molar-refractivity contribution >= 4 is 23.2 Å². The van der Waals surface area contributed by atoms with Gasteiger partial charge in [-0.3, -0.25) is 0 Å². The highest BCUT2D eigenvalue weighted by Gasteiger charge is 2.07. The predicted molar refractivity (Wildman–Crippen MR) is 85.0 cm³/mol. The first-order valence-electron chi connectivity index (χ1n) is 6.50. The van der Waals surface area contributed by atoms with Crippen molar-refractivity contribution in [3.05, 3.63) is 58.1 Å². The quantitative estimate of drug-likeness (QED) is 0.811. The van der Waals surface area contributed by atoms with Crippen molar-refractivity contribution in [2.75, 3.05) is 0 Å². The second-order valence-corrected chi connectivity index (χ2v) is 5.62. The summed E-state index contributed by atoms with van der Waals surface area (Å²) in [7, 11) is 0. The Morgan fingerprint density at radius 3 is 2.60 bits per heavy atom. The fourth-order valence-electron chi connectivity index (χ4n) is 1.73. The van der Waals surface area contributed by atoms with Crippen molar-refractivity contribution in [3.8, 4) is 11.5 Å². The van der Waals surface area contributed by atoms with Crippen LogP contribution in [0, 0.1) is 0 Å². The summed E-state index contributed by atoms with van der Waals surface area (Å²) in [6.45, 7) is 5.04. The van der Waals surface area contributed by atoms with Crippen molar-refractivity contribution in [1.82, 2.24) is 5.32 Å². The largest absolute Gasteiger partial charge is 0.456 e. The van der Waals surface area contributed by atoms with E-state index in [2.05, 4.69) is 25.2 Å². The molecule has 0 spiro atoms. The molecule has 0 amide bonds. The lowest BCUT2D eigenvalue weighted by Gasteiger charge is -2.11. The summed E-state index contributed by atoms with van der Waals surface area (Å²) in [6, 6.07) is 13.7. The monoisotopic (exact) mass is 309 g/mol. The highest BCUT2D eigenvalue weighted by Crippen LogP contribution is 2.34. The Morgan fingerprint density at radius 1 is 1.10 bits per heavy atom. The van der Waals surface area contributed by atoms with Crippen molar-refractivity contribution < 1.29 is 4.74 Å². The van der Waals surface area contributed by atoms with Crippen molar-refractivity contribution in [2.45, 2.75) is 26.4 Å². The molecule has 0 fully saturated rings. The van der Waals surface area contributed by atoms with Gasteiger partial charge in [0.1, 0.15) is 16.5 Å². The Morgan fingerprint density at radius 2 is 1.85 bits per heavy atom. The van der Waals surface area contributed by atoms with Gasteiger partial charge in [-0.25, -0.2) is 0 Å². The Bertz CT molecular complexity index is 584. The van der Waals surface area contributed by atoms with Gasteiger partial charge in [0.2, 0.25) is 0 Å². The fraction of sp³-hybridized carbons (Fsp3) is 0.250. The molecule has 0 aliphatic heterocycles. The first-order chi connectivity index (χ1) is 9.56. The molecule has 0 bridgehead atoms. The highest BCUT2D eigenvalue weighted by molar-refractivity contribution is 6.42. The molecule has 0 aromatic heterocycles. The number of benzene rings is 2. The van der Waals surface area contributed by atoms with E-state index in [1.165, 1.54) is 0 Å². The maximum Gasteiger partial charge on any atom is 0.147 e. The van der Waals surface area contributed by atoms with E-state index in [0.717, 1.165) is 17.9 Å². The Hall–Kier alpha value is -1.22. The summed E-state index contributed by atoms with van der Waals surface area (Å²) in [5, 5.41) is 4.29. The van der Waals surface area contributed by atoms with Gasteiger partial charge < -0.3 is 10.1 Å². The van der Waals surface area contributed by atoms with Crippen LogP contribution in [0.5, 0.6) is 11.5 Å². The molecule has 0 saturated carbocycles. The molecule has 2 nitrogen and oxygen atoms in total. The Balaban J connectivity index is 2.13. The molecule has 2 aromatic rings. The third-order valence-electron chi connectivity index (χ3n) is 2.76. The molecule has 1 N–H and O–H groups in total. The zero-order valence-electron chi connectivity index (χ0n) is 11.5. The van der Waals surface area contributed by atoms with Gasteiger partial charge >= 0.3 is 0 Å². The van der Waals surface area contributed by atoms with Gasteiger partial charge in [-0.2, -0.15) is 0 Å². The summed E-state index contributed by atoms with van der Waals surface area (Å²) in [4.78, 5) is 0. The molecule has 106 valence electrons. The van der Waals surface area contributed by atoms with E-state index in [1.807, 2.05) is 24.3 Å². The van der Waals surface area contributed by atoms with Gasteiger partial charge in [-0.1, -0.05) is 55.2 Å². The minimum atomic E-state index is 0.430. The fourth-order valence-corrected chi connectivity index (χ4v) is 2.06. The molecule has 0 aliphatic carbocycles. The van der Waals surface area contributed by atoms with Gasteiger partial charge in [-0.15, -0.1) is 0 Å².